The molecule has 1 aliphatic heterocycles. The highest BCUT2D eigenvalue weighted by Gasteiger charge is 2.22. The molecule has 1 atom stereocenters. The van der Waals surface area contributed by atoms with Gasteiger partial charge in [-0.25, -0.2) is 0 Å². The Morgan fingerprint density at radius 2 is 2.11 bits per heavy atom. The summed E-state index contributed by atoms with van der Waals surface area (Å²) in [5.41, 5.74) is 2.87. The van der Waals surface area contributed by atoms with Gasteiger partial charge in [0.25, 0.3) is 0 Å². The minimum Gasteiger partial charge on any atom is -0.313 e. The third-order valence-electron chi connectivity index (χ3n) is 3.93. The standard InChI is InChI=1S/C16H26N2/c1-3-16-9-6-10-18(16)13-15-8-5-7-14(11-15)12-17-4-2/h5,7-8,11,16-17H,3-4,6,9-10,12-13H2,1-2H3. The molecular formula is C16H26N2. The SMILES string of the molecule is CCNCc1cccc(CN2CCCC2CC)c1. The lowest BCUT2D eigenvalue weighted by atomic mass is 10.1. The third-order valence-corrected chi connectivity index (χ3v) is 3.93. The van der Waals surface area contributed by atoms with Crippen LogP contribution in [0.2, 0.25) is 0 Å². The second-order valence-corrected chi connectivity index (χ2v) is 5.28. The van der Waals surface area contributed by atoms with Gasteiger partial charge in [-0.05, 0) is 43.5 Å². The molecule has 2 nitrogen and oxygen atoms in total. The van der Waals surface area contributed by atoms with Crippen molar-refractivity contribution in [3.05, 3.63) is 35.4 Å². The van der Waals surface area contributed by atoms with Crippen molar-refractivity contribution in [2.24, 2.45) is 0 Å². The summed E-state index contributed by atoms with van der Waals surface area (Å²) >= 11 is 0. The molecule has 18 heavy (non-hydrogen) atoms. The first-order valence-electron chi connectivity index (χ1n) is 7.36. The van der Waals surface area contributed by atoms with E-state index >= 15 is 0 Å². The fourth-order valence-electron chi connectivity index (χ4n) is 2.91. The quantitative estimate of drug-likeness (QED) is 0.829. The molecule has 0 aromatic heterocycles. The van der Waals surface area contributed by atoms with E-state index in [2.05, 4.69) is 48.3 Å². The van der Waals surface area contributed by atoms with E-state index in [1.54, 1.807) is 0 Å². The molecule has 0 aliphatic carbocycles. The highest BCUT2D eigenvalue weighted by atomic mass is 15.2. The molecule has 1 saturated heterocycles. The molecule has 1 unspecified atom stereocenters. The van der Waals surface area contributed by atoms with Gasteiger partial charge in [-0.1, -0.05) is 38.1 Å². The van der Waals surface area contributed by atoms with Gasteiger partial charge in [0.1, 0.15) is 0 Å². The zero-order chi connectivity index (χ0) is 12.8. The van der Waals surface area contributed by atoms with Crippen LogP contribution >= 0.6 is 0 Å². The minimum atomic E-state index is 0.808. The van der Waals surface area contributed by atoms with Gasteiger partial charge < -0.3 is 5.32 Å². The zero-order valence-corrected chi connectivity index (χ0v) is 11.8. The van der Waals surface area contributed by atoms with E-state index in [1.807, 2.05) is 0 Å². The van der Waals surface area contributed by atoms with Crippen molar-refractivity contribution < 1.29 is 0 Å². The molecule has 1 aliphatic rings. The Morgan fingerprint density at radius 1 is 1.28 bits per heavy atom. The molecule has 2 heteroatoms. The van der Waals surface area contributed by atoms with Crippen LogP contribution in [0.25, 0.3) is 0 Å². The maximum Gasteiger partial charge on any atom is 0.0236 e. The monoisotopic (exact) mass is 246 g/mol. The van der Waals surface area contributed by atoms with Gasteiger partial charge in [0.2, 0.25) is 0 Å². The third kappa shape index (κ3) is 3.56. The fraction of sp³-hybridized carbons (Fsp3) is 0.625. The lowest BCUT2D eigenvalue weighted by Gasteiger charge is -2.23. The molecule has 1 aromatic carbocycles. The summed E-state index contributed by atoms with van der Waals surface area (Å²) < 4.78 is 0. The summed E-state index contributed by atoms with van der Waals surface area (Å²) in [7, 11) is 0. The highest BCUT2D eigenvalue weighted by molar-refractivity contribution is 5.23. The summed E-state index contributed by atoms with van der Waals surface area (Å²) in [6.07, 6.45) is 4.04. The second-order valence-electron chi connectivity index (χ2n) is 5.28. The van der Waals surface area contributed by atoms with Gasteiger partial charge in [-0.2, -0.15) is 0 Å². The molecule has 1 N–H and O–H groups in total. The van der Waals surface area contributed by atoms with Crippen molar-refractivity contribution in [1.29, 1.82) is 0 Å². The topological polar surface area (TPSA) is 15.3 Å². The molecule has 1 fully saturated rings. The zero-order valence-electron chi connectivity index (χ0n) is 11.8. The lowest BCUT2D eigenvalue weighted by molar-refractivity contribution is 0.240. The van der Waals surface area contributed by atoms with Crippen molar-refractivity contribution in [2.45, 2.75) is 52.2 Å². The molecule has 0 saturated carbocycles. The molecule has 0 bridgehead atoms. The van der Waals surface area contributed by atoms with Gasteiger partial charge >= 0.3 is 0 Å². The Kier molecular flexibility index (Phi) is 5.21. The predicted molar refractivity (Wildman–Crippen MR) is 77.5 cm³/mol. The average molecular weight is 246 g/mol. The minimum absolute atomic E-state index is 0.808. The first-order valence-corrected chi connectivity index (χ1v) is 7.36. The van der Waals surface area contributed by atoms with Crippen LogP contribution in [0.5, 0.6) is 0 Å². The molecule has 1 aromatic rings. The van der Waals surface area contributed by atoms with E-state index in [4.69, 9.17) is 0 Å². The molecule has 0 spiro atoms. The molecule has 1 heterocycles. The molecule has 100 valence electrons. The van der Waals surface area contributed by atoms with Crippen LogP contribution in [0, 0.1) is 0 Å². The number of nitrogens with zero attached hydrogens (tertiary/aromatic N) is 1. The summed E-state index contributed by atoms with van der Waals surface area (Å²) in [4.78, 5) is 2.65. The van der Waals surface area contributed by atoms with E-state index in [0.717, 1.165) is 25.7 Å². The molecular weight excluding hydrogens is 220 g/mol. The van der Waals surface area contributed by atoms with Crippen LogP contribution < -0.4 is 5.32 Å². The Labute approximate surface area is 111 Å². The van der Waals surface area contributed by atoms with Crippen molar-refractivity contribution >= 4 is 0 Å². The van der Waals surface area contributed by atoms with Crippen molar-refractivity contribution in [2.75, 3.05) is 13.1 Å². The maximum atomic E-state index is 3.39. The van der Waals surface area contributed by atoms with Crippen LogP contribution in [0.4, 0.5) is 0 Å². The number of hydrogen-bond donors (Lipinski definition) is 1. The number of hydrogen-bond acceptors (Lipinski definition) is 2. The molecule has 0 amide bonds. The van der Waals surface area contributed by atoms with E-state index < -0.39 is 0 Å². The first-order chi connectivity index (χ1) is 8.83. The van der Waals surface area contributed by atoms with Crippen LogP contribution in [0.3, 0.4) is 0 Å². The Bertz CT molecular complexity index is 362. The van der Waals surface area contributed by atoms with Crippen molar-refractivity contribution in [3.63, 3.8) is 0 Å². The Morgan fingerprint density at radius 3 is 2.89 bits per heavy atom. The largest absolute Gasteiger partial charge is 0.313 e. The number of likely N-dealkylation sites (tertiary alicyclic amines) is 1. The normalized spacial score (nSPS) is 20.4. The van der Waals surface area contributed by atoms with E-state index in [1.165, 1.54) is 36.9 Å². The predicted octanol–water partition coefficient (Wildman–Crippen LogP) is 3.17. The summed E-state index contributed by atoms with van der Waals surface area (Å²) in [6.45, 7) is 8.88. The summed E-state index contributed by atoms with van der Waals surface area (Å²) in [5, 5.41) is 3.39. The lowest BCUT2D eigenvalue weighted by Crippen LogP contribution is -2.28. The van der Waals surface area contributed by atoms with Gasteiger partial charge in [0.05, 0.1) is 0 Å². The second kappa shape index (κ2) is 6.91. The van der Waals surface area contributed by atoms with E-state index in [-0.39, 0.29) is 0 Å². The van der Waals surface area contributed by atoms with E-state index in [9.17, 15) is 0 Å². The van der Waals surface area contributed by atoms with Gasteiger partial charge in [0.15, 0.2) is 0 Å². The Hall–Kier alpha value is -0.860. The smallest absolute Gasteiger partial charge is 0.0236 e. The summed E-state index contributed by atoms with van der Waals surface area (Å²) in [6, 6.07) is 9.84. The Balaban J connectivity index is 1.96. The highest BCUT2D eigenvalue weighted by Crippen LogP contribution is 2.22. The van der Waals surface area contributed by atoms with Crippen molar-refractivity contribution in [3.8, 4) is 0 Å². The van der Waals surface area contributed by atoms with Crippen LogP contribution in [-0.2, 0) is 13.1 Å². The van der Waals surface area contributed by atoms with Gasteiger partial charge in [0, 0.05) is 19.1 Å². The van der Waals surface area contributed by atoms with Crippen molar-refractivity contribution in [1.82, 2.24) is 10.2 Å². The summed E-state index contributed by atoms with van der Waals surface area (Å²) in [5.74, 6) is 0. The fourth-order valence-corrected chi connectivity index (χ4v) is 2.91. The van der Waals surface area contributed by atoms with Gasteiger partial charge in [-0.3, -0.25) is 4.90 Å². The average Bonchev–Trinajstić information content (AvgIpc) is 2.84. The van der Waals surface area contributed by atoms with Gasteiger partial charge in [-0.15, -0.1) is 0 Å². The number of nitrogens with one attached hydrogen (secondary N) is 1. The number of rotatable bonds is 6. The maximum absolute atomic E-state index is 3.39. The molecule has 0 radical (unpaired) electrons. The van der Waals surface area contributed by atoms with Crippen LogP contribution in [0.1, 0.15) is 44.2 Å². The first kappa shape index (κ1) is 13.6. The van der Waals surface area contributed by atoms with Crippen LogP contribution in [0.15, 0.2) is 24.3 Å². The molecule has 2 rings (SSSR count). The van der Waals surface area contributed by atoms with Crippen LogP contribution in [-0.4, -0.2) is 24.0 Å². The van der Waals surface area contributed by atoms with E-state index in [0.29, 0.717) is 0 Å². The number of benzene rings is 1.